The van der Waals surface area contributed by atoms with Crippen molar-refractivity contribution in [2.75, 3.05) is 19.0 Å². The summed E-state index contributed by atoms with van der Waals surface area (Å²) >= 11 is 0. The largest absolute Gasteiger partial charge is 0.496 e. The molecule has 4 nitrogen and oxygen atoms in total. The van der Waals surface area contributed by atoms with Crippen LogP contribution in [0.3, 0.4) is 0 Å². The molecule has 0 aromatic heterocycles. The van der Waals surface area contributed by atoms with Crippen LogP contribution in [0, 0.1) is 0 Å². The van der Waals surface area contributed by atoms with E-state index < -0.39 is 0 Å². The molecule has 1 amide bonds. The summed E-state index contributed by atoms with van der Waals surface area (Å²) in [4.78, 5) is 11.2. The Morgan fingerprint density at radius 3 is 2.58 bits per heavy atom. The monoisotopic (exact) mass is 326 g/mol. The van der Waals surface area contributed by atoms with E-state index in [-0.39, 0.29) is 11.9 Å². The molecule has 0 saturated carbocycles. The molecular weight excluding hydrogens is 300 g/mol. The lowest BCUT2D eigenvalue weighted by Gasteiger charge is -2.20. The summed E-state index contributed by atoms with van der Waals surface area (Å²) in [5, 5.41) is 6.38. The van der Waals surface area contributed by atoms with Gasteiger partial charge in [0, 0.05) is 25.2 Å². The quantitative estimate of drug-likeness (QED) is 0.805. The number of benzene rings is 2. The van der Waals surface area contributed by atoms with Crippen molar-refractivity contribution in [1.29, 1.82) is 0 Å². The molecule has 2 atom stereocenters. The molecule has 4 heteroatoms. The Morgan fingerprint density at radius 2 is 1.88 bits per heavy atom. The summed E-state index contributed by atoms with van der Waals surface area (Å²) in [6, 6.07) is 16.2. The maximum atomic E-state index is 11.2. The maximum absolute atomic E-state index is 11.2. The maximum Gasteiger partial charge on any atom is 0.221 e. The zero-order chi connectivity index (χ0) is 17.5. The van der Waals surface area contributed by atoms with Crippen molar-refractivity contribution in [2.45, 2.75) is 32.7 Å². The summed E-state index contributed by atoms with van der Waals surface area (Å²) in [5.41, 5.74) is 3.17. The number of rotatable bonds is 7. The third-order valence-corrected chi connectivity index (χ3v) is 4.11. The smallest absolute Gasteiger partial charge is 0.221 e. The van der Waals surface area contributed by atoms with E-state index in [0.29, 0.717) is 5.92 Å². The Hall–Kier alpha value is -2.33. The first kappa shape index (κ1) is 18.0. The first-order valence-electron chi connectivity index (χ1n) is 8.25. The predicted octanol–water partition coefficient (Wildman–Crippen LogP) is 4.11. The fourth-order valence-corrected chi connectivity index (χ4v) is 2.74. The molecule has 0 bridgehead atoms. The zero-order valence-electron chi connectivity index (χ0n) is 14.8. The van der Waals surface area contributed by atoms with E-state index in [9.17, 15) is 4.79 Å². The van der Waals surface area contributed by atoms with Gasteiger partial charge < -0.3 is 15.4 Å². The van der Waals surface area contributed by atoms with E-state index in [4.69, 9.17) is 4.74 Å². The Morgan fingerprint density at radius 1 is 1.12 bits per heavy atom. The number of hydrogen-bond donors (Lipinski definition) is 2. The highest BCUT2D eigenvalue weighted by Crippen LogP contribution is 2.26. The van der Waals surface area contributed by atoms with Crippen LogP contribution in [0.1, 0.15) is 43.9 Å². The lowest BCUT2D eigenvalue weighted by atomic mass is 9.99. The highest BCUT2D eigenvalue weighted by atomic mass is 16.5. The van der Waals surface area contributed by atoms with Crippen molar-refractivity contribution in [3.05, 3.63) is 59.7 Å². The molecule has 2 N–H and O–H groups in total. The molecule has 0 spiro atoms. The van der Waals surface area contributed by atoms with E-state index >= 15 is 0 Å². The summed E-state index contributed by atoms with van der Waals surface area (Å²) < 4.78 is 5.44. The number of carbonyl (C=O) groups is 1. The first-order valence-corrected chi connectivity index (χ1v) is 8.25. The Labute approximate surface area is 144 Å². The van der Waals surface area contributed by atoms with E-state index in [1.165, 1.54) is 12.5 Å². The van der Waals surface area contributed by atoms with E-state index in [2.05, 4.69) is 36.6 Å². The van der Waals surface area contributed by atoms with Gasteiger partial charge in [0.1, 0.15) is 5.75 Å². The number of nitrogens with one attached hydrogen (secondary N) is 2. The molecule has 2 aromatic rings. The molecule has 2 rings (SSSR count). The second kappa shape index (κ2) is 8.50. The van der Waals surface area contributed by atoms with Crippen LogP contribution in [0.4, 0.5) is 5.69 Å². The third kappa shape index (κ3) is 4.83. The average molecular weight is 326 g/mol. The first-order chi connectivity index (χ1) is 11.5. The highest BCUT2D eigenvalue weighted by Gasteiger charge is 2.13. The van der Waals surface area contributed by atoms with Crippen LogP contribution < -0.4 is 15.4 Å². The van der Waals surface area contributed by atoms with E-state index in [0.717, 1.165) is 23.5 Å². The Kier molecular flexibility index (Phi) is 6.38. The average Bonchev–Trinajstić information content (AvgIpc) is 2.59. The van der Waals surface area contributed by atoms with Gasteiger partial charge in [-0.25, -0.2) is 0 Å². The normalized spacial score (nSPS) is 13.2. The van der Waals surface area contributed by atoms with Gasteiger partial charge in [0.25, 0.3) is 0 Å². The number of anilines is 1. The van der Waals surface area contributed by atoms with Crippen molar-refractivity contribution < 1.29 is 9.53 Å². The van der Waals surface area contributed by atoms with Crippen LogP contribution in [0.5, 0.6) is 5.75 Å². The summed E-state index contributed by atoms with van der Waals surface area (Å²) in [5.74, 6) is 1.20. The summed E-state index contributed by atoms with van der Waals surface area (Å²) in [6.45, 7) is 6.67. The molecule has 2 unspecified atom stereocenters. The SMILES string of the molecule is COc1ccccc1C(C)CNC(C)c1cccc(NC(C)=O)c1. The molecule has 24 heavy (non-hydrogen) atoms. The van der Waals surface area contributed by atoms with Crippen molar-refractivity contribution in [3.63, 3.8) is 0 Å². The van der Waals surface area contributed by atoms with Crippen LogP contribution in [-0.4, -0.2) is 19.6 Å². The number of methoxy groups -OCH3 is 1. The van der Waals surface area contributed by atoms with Crippen molar-refractivity contribution >= 4 is 11.6 Å². The molecule has 0 heterocycles. The number of hydrogen-bond acceptors (Lipinski definition) is 3. The Bertz CT molecular complexity index is 685. The minimum Gasteiger partial charge on any atom is -0.496 e. The van der Waals surface area contributed by atoms with Crippen LogP contribution >= 0.6 is 0 Å². The fraction of sp³-hybridized carbons (Fsp3) is 0.350. The summed E-state index contributed by atoms with van der Waals surface area (Å²) in [7, 11) is 1.70. The zero-order valence-corrected chi connectivity index (χ0v) is 14.8. The van der Waals surface area contributed by atoms with E-state index in [1.807, 2.05) is 36.4 Å². The number of para-hydroxylation sites is 1. The molecular formula is C20H26N2O2. The highest BCUT2D eigenvalue weighted by molar-refractivity contribution is 5.88. The third-order valence-electron chi connectivity index (χ3n) is 4.11. The fourth-order valence-electron chi connectivity index (χ4n) is 2.74. The minimum absolute atomic E-state index is 0.0578. The Balaban J connectivity index is 1.99. The second-order valence-electron chi connectivity index (χ2n) is 6.08. The minimum atomic E-state index is -0.0578. The molecule has 128 valence electrons. The predicted molar refractivity (Wildman–Crippen MR) is 98.6 cm³/mol. The van der Waals surface area contributed by atoms with Crippen LogP contribution in [0.25, 0.3) is 0 Å². The molecule has 0 radical (unpaired) electrons. The van der Waals surface area contributed by atoms with Crippen molar-refractivity contribution in [1.82, 2.24) is 5.32 Å². The lowest BCUT2D eigenvalue weighted by molar-refractivity contribution is -0.114. The van der Waals surface area contributed by atoms with Gasteiger partial charge in [0.05, 0.1) is 7.11 Å². The molecule has 0 aliphatic heterocycles. The van der Waals surface area contributed by atoms with Gasteiger partial charge in [0.2, 0.25) is 5.91 Å². The van der Waals surface area contributed by atoms with Crippen molar-refractivity contribution in [3.8, 4) is 5.75 Å². The summed E-state index contributed by atoms with van der Waals surface area (Å²) in [6.07, 6.45) is 0. The van der Waals surface area contributed by atoms with Gasteiger partial charge in [0.15, 0.2) is 0 Å². The molecule has 0 aliphatic carbocycles. The molecule has 0 fully saturated rings. The molecule has 0 saturated heterocycles. The van der Waals surface area contributed by atoms with Crippen LogP contribution in [0.15, 0.2) is 48.5 Å². The van der Waals surface area contributed by atoms with Crippen molar-refractivity contribution in [2.24, 2.45) is 0 Å². The van der Waals surface area contributed by atoms with Gasteiger partial charge >= 0.3 is 0 Å². The molecule has 0 aliphatic rings. The lowest BCUT2D eigenvalue weighted by Crippen LogP contribution is -2.24. The standard InChI is InChI=1S/C20H26N2O2/c1-14(19-10-5-6-11-20(19)24-4)13-21-15(2)17-8-7-9-18(12-17)22-16(3)23/h5-12,14-15,21H,13H2,1-4H3,(H,22,23). The number of amides is 1. The molecule has 2 aromatic carbocycles. The van der Waals surface area contributed by atoms with Crippen LogP contribution in [0.2, 0.25) is 0 Å². The van der Waals surface area contributed by atoms with Gasteiger partial charge in [-0.2, -0.15) is 0 Å². The number of carbonyl (C=O) groups excluding carboxylic acids is 1. The van der Waals surface area contributed by atoms with E-state index in [1.54, 1.807) is 7.11 Å². The van der Waals surface area contributed by atoms with Gasteiger partial charge in [-0.05, 0) is 42.2 Å². The van der Waals surface area contributed by atoms with Gasteiger partial charge in [-0.1, -0.05) is 37.3 Å². The topological polar surface area (TPSA) is 50.4 Å². The van der Waals surface area contributed by atoms with Crippen LogP contribution in [-0.2, 0) is 4.79 Å². The van der Waals surface area contributed by atoms with Gasteiger partial charge in [-0.15, -0.1) is 0 Å². The second-order valence-corrected chi connectivity index (χ2v) is 6.08. The van der Waals surface area contributed by atoms with Gasteiger partial charge in [-0.3, -0.25) is 4.79 Å². The number of ether oxygens (including phenoxy) is 1.